The number of likely N-dealkylation sites (N-methyl/N-ethyl adjacent to an activating group) is 1. The van der Waals surface area contributed by atoms with Crippen LogP contribution >= 0.6 is 0 Å². The first-order valence-electron chi connectivity index (χ1n) is 6.14. The molecule has 16 heavy (non-hydrogen) atoms. The fourth-order valence-corrected chi connectivity index (χ4v) is 1.69. The highest BCUT2D eigenvalue weighted by molar-refractivity contribution is 5.77. The molecule has 0 spiro atoms. The Morgan fingerprint density at radius 2 is 2.38 bits per heavy atom. The van der Waals surface area contributed by atoms with Crippen molar-refractivity contribution in [2.45, 2.75) is 26.4 Å². The van der Waals surface area contributed by atoms with E-state index < -0.39 is 0 Å². The first-order chi connectivity index (χ1) is 7.76. The molecule has 1 atom stereocenters. The number of rotatable bonds is 5. The van der Waals surface area contributed by atoms with Gasteiger partial charge in [0.2, 0.25) is 0 Å². The third-order valence-corrected chi connectivity index (χ3v) is 2.69. The molecule has 0 aromatic heterocycles. The van der Waals surface area contributed by atoms with Crippen LogP contribution in [0.3, 0.4) is 0 Å². The molecule has 1 unspecified atom stereocenters. The Kier molecular flexibility index (Phi) is 6.18. The van der Waals surface area contributed by atoms with Gasteiger partial charge in [0.1, 0.15) is 0 Å². The number of nitrogens with two attached hydrogens (primary N) is 1. The van der Waals surface area contributed by atoms with Gasteiger partial charge in [-0.15, -0.1) is 0 Å². The van der Waals surface area contributed by atoms with Crippen LogP contribution < -0.4 is 11.1 Å². The number of nitrogens with zero attached hydrogens (tertiary/aromatic N) is 2. The number of nitrogens with one attached hydrogen (secondary N) is 1. The van der Waals surface area contributed by atoms with Crippen molar-refractivity contribution in [3.63, 3.8) is 0 Å². The van der Waals surface area contributed by atoms with Gasteiger partial charge in [0.05, 0.1) is 19.3 Å². The fourth-order valence-electron chi connectivity index (χ4n) is 1.69. The number of hydrogen-bond donors (Lipinski definition) is 2. The van der Waals surface area contributed by atoms with E-state index in [0.717, 1.165) is 39.2 Å². The van der Waals surface area contributed by atoms with E-state index in [2.05, 4.69) is 29.1 Å². The van der Waals surface area contributed by atoms with Crippen LogP contribution in [0.25, 0.3) is 0 Å². The van der Waals surface area contributed by atoms with Gasteiger partial charge >= 0.3 is 0 Å². The molecule has 0 amide bonds. The van der Waals surface area contributed by atoms with Crippen LogP contribution in [0.5, 0.6) is 0 Å². The van der Waals surface area contributed by atoms with Crippen LogP contribution in [0.1, 0.15) is 20.3 Å². The molecule has 0 radical (unpaired) electrons. The number of guanidine groups is 1. The molecule has 1 aliphatic rings. The maximum atomic E-state index is 5.71. The summed E-state index contributed by atoms with van der Waals surface area (Å²) >= 11 is 0. The number of aliphatic imine (C=N–C) groups is 1. The minimum atomic E-state index is 0.190. The molecule has 0 saturated carbocycles. The van der Waals surface area contributed by atoms with E-state index in [1.807, 2.05) is 0 Å². The second-order valence-corrected chi connectivity index (χ2v) is 4.04. The van der Waals surface area contributed by atoms with Gasteiger partial charge in [-0.3, -0.25) is 9.89 Å². The van der Waals surface area contributed by atoms with Crippen LogP contribution in [0, 0.1) is 0 Å². The monoisotopic (exact) mass is 228 g/mol. The van der Waals surface area contributed by atoms with E-state index in [4.69, 9.17) is 10.5 Å². The van der Waals surface area contributed by atoms with Crippen LogP contribution in [-0.2, 0) is 4.74 Å². The van der Waals surface area contributed by atoms with Crippen molar-refractivity contribution in [2.24, 2.45) is 10.7 Å². The van der Waals surface area contributed by atoms with Crippen molar-refractivity contribution in [1.29, 1.82) is 0 Å². The molecule has 5 heteroatoms. The zero-order valence-corrected chi connectivity index (χ0v) is 10.4. The van der Waals surface area contributed by atoms with Crippen molar-refractivity contribution in [2.75, 3.05) is 39.3 Å². The highest BCUT2D eigenvalue weighted by atomic mass is 16.5. The minimum Gasteiger partial charge on any atom is -0.374 e. The van der Waals surface area contributed by atoms with Gasteiger partial charge in [0.25, 0.3) is 0 Å². The van der Waals surface area contributed by atoms with Crippen molar-refractivity contribution in [3.8, 4) is 0 Å². The third kappa shape index (κ3) is 4.81. The Morgan fingerprint density at radius 3 is 3.06 bits per heavy atom. The largest absolute Gasteiger partial charge is 0.374 e. The first-order valence-corrected chi connectivity index (χ1v) is 6.14. The van der Waals surface area contributed by atoms with Gasteiger partial charge in [-0.25, -0.2) is 0 Å². The summed E-state index contributed by atoms with van der Waals surface area (Å²) in [5.41, 5.74) is 5.71. The molecule has 3 N–H and O–H groups in total. The van der Waals surface area contributed by atoms with Crippen molar-refractivity contribution >= 4 is 5.96 Å². The molecule has 94 valence electrons. The van der Waals surface area contributed by atoms with E-state index in [1.54, 1.807) is 0 Å². The lowest BCUT2D eigenvalue weighted by Gasteiger charge is -2.31. The standard InChI is InChI=1S/C11H24N4O/c1-3-5-13-11(12)14-8-10-9-15(4-2)6-7-16-10/h10H,3-9H2,1-2H3,(H3,12,13,14). The van der Waals surface area contributed by atoms with Crippen LogP contribution in [0.4, 0.5) is 0 Å². The second-order valence-electron chi connectivity index (χ2n) is 4.04. The Bertz CT molecular complexity index is 220. The summed E-state index contributed by atoms with van der Waals surface area (Å²) in [6.07, 6.45) is 1.25. The molecule has 1 aliphatic heterocycles. The summed E-state index contributed by atoms with van der Waals surface area (Å²) in [5, 5.41) is 3.06. The maximum absolute atomic E-state index is 5.71. The molecule has 5 nitrogen and oxygen atoms in total. The number of hydrogen-bond acceptors (Lipinski definition) is 3. The average Bonchev–Trinajstić information content (AvgIpc) is 2.34. The Morgan fingerprint density at radius 1 is 1.56 bits per heavy atom. The average molecular weight is 228 g/mol. The van der Waals surface area contributed by atoms with Gasteiger partial charge in [0.15, 0.2) is 5.96 Å². The predicted molar refractivity (Wildman–Crippen MR) is 66.6 cm³/mol. The first kappa shape index (κ1) is 13.3. The van der Waals surface area contributed by atoms with Crippen LogP contribution in [0.2, 0.25) is 0 Å². The lowest BCUT2D eigenvalue weighted by atomic mass is 10.3. The predicted octanol–water partition coefficient (Wildman–Crippen LogP) is 0.0214. The van der Waals surface area contributed by atoms with E-state index >= 15 is 0 Å². The highest BCUT2D eigenvalue weighted by Gasteiger charge is 2.18. The van der Waals surface area contributed by atoms with Gasteiger partial charge in [0, 0.05) is 19.6 Å². The van der Waals surface area contributed by atoms with E-state index in [-0.39, 0.29) is 6.10 Å². The summed E-state index contributed by atoms with van der Waals surface area (Å²) in [6, 6.07) is 0. The van der Waals surface area contributed by atoms with Crippen LogP contribution in [0.15, 0.2) is 4.99 Å². The zero-order valence-electron chi connectivity index (χ0n) is 10.4. The molecule has 1 heterocycles. The molecular formula is C11H24N4O. The maximum Gasteiger partial charge on any atom is 0.188 e. The Hall–Kier alpha value is -0.810. The topological polar surface area (TPSA) is 62.9 Å². The summed E-state index contributed by atoms with van der Waals surface area (Å²) in [7, 11) is 0. The van der Waals surface area contributed by atoms with Crippen LogP contribution in [-0.4, -0.2) is 56.3 Å². The normalized spacial score (nSPS) is 23.4. The third-order valence-electron chi connectivity index (χ3n) is 2.69. The Balaban J connectivity index is 2.25. The lowest BCUT2D eigenvalue weighted by Crippen LogP contribution is -2.44. The van der Waals surface area contributed by atoms with E-state index in [0.29, 0.717) is 12.5 Å². The molecule has 1 fully saturated rings. The van der Waals surface area contributed by atoms with Gasteiger partial charge < -0.3 is 15.8 Å². The summed E-state index contributed by atoms with van der Waals surface area (Å²) in [6.45, 7) is 9.66. The summed E-state index contributed by atoms with van der Waals surface area (Å²) in [5.74, 6) is 0.527. The highest BCUT2D eigenvalue weighted by Crippen LogP contribution is 2.04. The molecule has 0 aromatic carbocycles. The number of ether oxygens (including phenoxy) is 1. The fraction of sp³-hybridized carbons (Fsp3) is 0.909. The molecule has 1 rings (SSSR count). The smallest absolute Gasteiger partial charge is 0.188 e. The van der Waals surface area contributed by atoms with Crippen molar-refractivity contribution in [1.82, 2.24) is 10.2 Å². The minimum absolute atomic E-state index is 0.190. The molecule has 1 saturated heterocycles. The molecule has 0 aliphatic carbocycles. The van der Waals surface area contributed by atoms with E-state index in [9.17, 15) is 0 Å². The molecular weight excluding hydrogens is 204 g/mol. The SMILES string of the molecule is CCCNC(N)=NCC1CN(CC)CCO1. The molecule has 0 aromatic rings. The van der Waals surface area contributed by atoms with Gasteiger partial charge in [-0.05, 0) is 13.0 Å². The van der Waals surface area contributed by atoms with Crippen molar-refractivity contribution < 1.29 is 4.74 Å². The summed E-state index contributed by atoms with van der Waals surface area (Å²) < 4.78 is 5.63. The van der Waals surface area contributed by atoms with Gasteiger partial charge in [-0.1, -0.05) is 13.8 Å². The van der Waals surface area contributed by atoms with Crippen molar-refractivity contribution in [3.05, 3.63) is 0 Å². The molecule has 0 bridgehead atoms. The zero-order chi connectivity index (χ0) is 11.8. The second kappa shape index (κ2) is 7.46. The van der Waals surface area contributed by atoms with Gasteiger partial charge in [-0.2, -0.15) is 0 Å². The number of morpholine rings is 1. The quantitative estimate of drug-likeness (QED) is 0.514. The Labute approximate surface area is 98.0 Å². The lowest BCUT2D eigenvalue weighted by molar-refractivity contribution is -0.0210. The van der Waals surface area contributed by atoms with E-state index in [1.165, 1.54) is 0 Å². The summed E-state index contributed by atoms with van der Waals surface area (Å²) in [4.78, 5) is 6.66.